The number of thiophene rings is 1. The Kier molecular flexibility index (Phi) is 5.63. The van der Waals surface area contributed by atoms with E-state index in [9.17, 15) is 13.2 Å². The minimum Gasteiger partial charge on any atom is -0.352 e. The molecule has 0 saturated carbocycles. The Morgan fingerprint density at radius 1 is 1.41 bits per heavy atom. The highest BCUT2D eigenvalue weighted by Crippen LogP contribution is 2.30. The van der Waals surface area contributed by atoms with Gasteiger partial charge in [0, 0.05) is 17.5 Å². The largest absolute Gasteiger partial charge is 0.352 e. The second kappa shape index (κ2) is 7.10. The van der Waals surface area contributed by atoms with Crippen molar-refractivity contribution in [2.75, 3.05) is 6.54 Å². The van der Waals surface area contributed by atoms with E-state index < -0.39 is 16.1 Å². The zero-order valence-electron chi connectivity index (χ0n) is 13.3. The third-order valence-corrected chi connectivity index (χ3v) is 7.49. The first-order valence-corrected chi connectivity index (χ1v) is 10.0. The zero-order chi connectivity index (χ0) is 16.3. The molecular weight excluding hydrogens is 320 g/mol. The lowest BCUT2D eigenvalue weighted by Crippen LogP contribution is -2.48. The molecule has 1 aliphatic heterocycles. The van der Waals surface area contributed by atoms with E-state index in [0.717, 1.165) is 24.1 Å². The number of amides is 1. The first kappa shape index (κ1) is 17.4. The normalized spacial score (nSPS) is 19.7. The van der Waals surface area contributed by atoms with Crippen LogP contribution in [0.4, 0.5) is 0 Å². The summed E-state index contributed by atoms with van der Waals surface area (Å²) in [5.74, 6) is -0.164. The molecule has 22 heavy (non-hydrogen) atoms. The molecule has 0 radical (unpaired) electrons. The molecule has 5 nitrogen and oxygen atoms in total. The van der Waals surface area contributed by atoms with Crippen LogP contribution in [0.25, 0.3) is 0 Å². The monoisotopic (exact) mass is 344 g/mol. The molecule has 2 heterocycles. The van der Waals surface area contributed by atoms with E-state index in [0.29, 0.717) is 17.2 Å². The summed E-state index contributed by atoms with van der Waals surface area (Å²) in [4.78, 5) is 13.4. The van der Waals surface area contributed by atoms with Crippen molar-refractivity contribution in [2.24, 2.45) is 0 Å². The Morgan fingerprint density at radius 2 is 2.09 bits per heavy atom. The van der Waals surface area contributed by atoms with Crippen molar-refractivity contribution >= 4 is 27.3 Å². The summed E-state index contributed by atoms with van der Waals surface area (Å²) < 4.78 is 27.2. The summed E-state index contributed by atoms with van der Waals surface area (Å²) >= 11 is 1.26. The van der Waals surface area contributed by atoms with Crippen LogP contribution in [-0.4, -0.2) is 37.3 Å². The molecule has 1 aromatic heterocycles. The lowest BCUT2D eigenvalue weighted by Gasteiger charge is -2.25. The van der Waals surface area contributed by atoms with E-state index >= 15 is 0 Å². The van der Waals surface area contributed by atoms with Gasteiger partial charge < -0.3 is 5.32 Å². The molecule has 0 bridgehead atoms. The van der Waals surface area contributed by atoms with Gasteiger partial charge in [-0.15, -0.1) is 11.3 Å². The van der Waals surface area contributed by atoms with Crippen molar-refractivity contribution in [1.82, 2.24) is 9.62 Å². The molecule has 0 aromatic carbocycles. The lowest BCUT2D eigenvalue weighted by molar-refractivity contribution is -0.125. The minimum atomic E-state index is -3.57. The molecule has 1 atom stereocenters. The van der Waals surface area contributed by atoms with Crippen molar-refractivity contribution < 1.29 is 13.2 Å². The number of nitrogens with one attached hydrogen (secondary N) is 1. The number of carbonyl (C=O) groups excluding carboxylic acids is 1. The standard InChI is InChI=1S/C15H24N2O3S2/c1-4-12(5-2)16-15(18)13-7-6-10-17(13)22(19,20)14-9-8-11(3)21-14/h8-9,12-13H,4-7,10H2,1-3H3,(H,16,18). The van der Waals surface area contributed by atoms with Gasteiger partial charge in [0.2, 0.25) is 5.91 Å². The van der Waals surface area contributed by atoms with Crippen LogP contribution in [0, 0.1) is 6.92 Å². The molecule has 1 unspecified atom stereocenters. The molecule has 124 valence electrons. The fraction of sp³-hybridized carbons (Fsp3) is 0.667. The quantitative estimate of drug-likeness (QED) is 0.862. The highest BCUT2D eigenvalue weighted by molar-refractivity contribution is 7.91. The fourth-order valence-electron chi connectivity index (χ4n) is 2.75. The van der Waals surface area contributed by atoms with E-state index in [-0.39, 0.29) is 11.9 Å². The Bertz CT molecular complexity index is 620. The number of carbonyl (C=O) groups is 1. The van der Waals surface area contributed by atoms with E-state index in [2.05, 4.69) is 5.32 Å². The molecule has 7 heteroatoms. The summed E-state index contributed by atoms with van der Waals surface area (Å²) in [5, 5.41) is 2.98. The molecule has 0 aliphatic carbocycles. The summed E-state index contributed by atoms with van der Waals surface area (Å²) in [6.45, 7) is 6.34. The average Bonchev–Trinajstić information content (AvgIpc) is 3.13. The van der Waals surface area contributed by atoms with Gasteiger partial charge in [-0.1, -0.05) is 13.8 Å². The van der Waals surface area contributed by atoms with Crippen LogP contribution in [0.15, 0.2) is 16.3 Å². The molecule has 1 amide bonds. The third kappa shape index (κ3) is 3.52. The Balaban J connectivity index is 2.18. The van der Waals surface area contributed by atoms with Gasteiger partial charge in [-0.2, -0.15) is 4.31 Å². The van der Waals surface area contributed by atoms with Crippen molar-refractivity contribution in [2.45, 2.75) is 62.7 Å². The van der Waals surface area contributed by atoms with Crippen molar-refractivity contribution in [3.63, 3.8) is 0 Å². The maximum atomic E-state index is 12.7. The van der Waals surface area contributed by atoms with Crippen LogP contribution >= 0.6 is 11.3 Å². The van der Waals surface area contributed by atoms with E-state index in [4.69, 9.17) is 0 Å². The van der Waals surface area contributed by atoms with Crippen LogP contribution in [0.2, 0.25) is 0 Å². The number of rotatable bonds is 6. The summed E-state index contributed by atoms with van der Waals surface area (Å²) in [6, 6.07) is 2.96. The highest BCUT2D eigenvalue weighted by Gasteiger charge is 2.40. The van der Waals surface area contributed by atoms with Gasteiger partial charge in [0.15, 0.2) is 0 Å². The average molecular weight is 345 g/mol. The van der Waals surface area contributed by atoms with Gasteiger partial charge in [-0.05, 0) is 44.7 Å². The van der Waals surface area contributed by atoms with Crippen LogP contribution < -0.4 is 5.32 Å². The molecule has 1 aromatic rings. The predicted molar refractivity (Wildman–Crippen MR) is 88.5 cm³/mol. The van der Waals surface area contributed by atoms with Gasteiger partial charge in [0.25, 0.3) is 10.0 Å². The second-order valence-corrected chi connectivity index (χ2v) is 9.07. The van der Waals surface area contributed by atoms with Gasteiger partial charge in [0.05, 0.1) is 0 Å². The van der Waals surface area contributed by atoms with Crippen molar-refractivity contribution in [3.8, 4) is 0 Å². The first-order chi connectivity index (χ1) is 10.4. The van der Waals surface area contributed by atoms with Crippen LogP contribution in [-0.2, 0) is 14.8 Å². The Hall–Kier alpha value is -0.920. The molecule has 1 saturated heterocycles. The Labute approximate surface area is 136 Å². The number of hydrogen-bond donors (Lipinski definition) is 1. The lowest BCUT2D eigenvalue weighted by atomic mass is 10.1. The summed E-state index contributed by atoms with van der Waals surface area (Å²) in [5.41, 5.74) is 0. The highest BCUT2D eigenvalue weighted by atomic mass is 32.2. The number of aryl methyl sites for hydroxylation is 1. The van der Waals surface area contributed by atoms with Crippen LogP contribution in [0.1, 0.15) is 44.4 Å². The topological polar surface area (TPSA) is 66.5 Å². The summed E-state index contributed by atoms with van der Waals surface area (Å²) in [6.07, 6.45) is 3.03. The first-order valence-electron chi connectivity index (χ1n) is 7.78. The maximum absolute atomic E-state index is 12.7. The van der Waals surface area contributed by atoms with Crippen LogP contribution in [0.5, 0.6) is 0 Å². The minimum absolute atomic E-state index is 0.113. The van der Waals surface area contributed by atoms with E-state index in [1.807, 2.05) is 20.8 Å². The van der Waals surface area contributed by atoms with Crippen molar-refractivity contribution in [3.05, 3.63) is 17.0 Å². The van der Waals surface area contributed by atoms with Gasteiger partial charge in [0.1, 0.15) is 10.3 Å². The fourth-order valence-corrected chi connectivity index (χ4v) is 5.82. The Morgan fingerprint density at radius 3 is 2.64 bits per heavy atom. The molecule has 1 N–H and O–H groups in total. The SMILES string of the molecule is CCC(CC)NC(=O)C1CCCN1S(=O)(=O)c1ccc(C)s1. The third-order valence-electron chi connectivity index (χ3n) is 4.12. The second-order valence-electron chi connectivity index (χ2n) is 5.66. The predicted octanol–water partition coefficient (Wildman–Crippen LogP) is 2.51. The number of sulfonamides is 1. The molecule has 0 spiro atoms. The molecule has 1 fully saturated rings. The number of hydrogen-bond acceptors (Lipinski definition) is 4. The van der Waals surface area contributed by atoms with E-state index in [1.54, 1.807) is 12.1 Å². The smallest absolute Gasteiger partial charge is 0.253 e. The number of nitrogens with zero attached hydrogens (tertiary/aromatic N) is 1. The van der Waals surface area contributed by atoms with Crippen molar-refractivity contribution in [1.29, 1.82) is 0 Å². The van der Waals surface area contributed by atoms with Gasteiger partial charge in [-0.3, -0.25) is 4.79 Å². The van der Waals surface area contributed by atoms with Gasteiger partial charge in [-0.25, -0.2) is 8.42 Å². The van der Waals surface area contributed by atoms with E-state index in [1.165, 1.54) is 15.6 Å². The molecule has 1 aliphatic rings. The summed E-state index contributed by atoms with van der Waals surface area (Å²) in [7, 11) is -3.57. The van der Waals surface area contributed by atoms with Crippen LogP contribution in [0.3, 0.4) is 0 Å². The molecule has 2 rings (SSSR count). The zero-order valence-corrected chi connectivity index (χ0v) is 15.0. The molecular formula is C15H24N2O3S2. The van der Waals surface area contributed by atoms with Gasteiger partial charge >= 0.3 is 0 Å². The maximum Gasteiger partial charge on any atom is 0.253 e.